The van der Waals surface area contributed by atoms with Crippen molar-refractivity contribution in [3.63, 3.8) is 0 Å². The van der Waals surface area contributed by atoms with Crippen LogP contribution in [0.2, 0.25) is 0 Å². The van der Waals surface area contributed by atoms with Gasteiger partial charge in [-0.1, -0.05) is 36.4 Å². The number of piperazine rings is 1. The normalized spacial score (nSPS) is 14.3. The number of halogens is 1. The van der Waals surface area contributed by atoms with Gasteiger partial charge in [0.15, 0.2) is 11.5 Å². The Hall–Kier alpha value is -3.51. The van der Waals surface area contributed by atoms with Crippen LogP contribution in [0.5, 0.6) is 17.2 Å². The Bertz CT molecular complexity index is 1120. The van der Waals surface area contributed by atoms with Gasteiger partial charge in [0, 0.05) is 44.0 Å². The van der Waals surface area contributed by atoms with Gasteiger partial charge in [0.2, 0.25) is 5.75 Å². The van der Waals surface area contributed by atoms with Gasteiger partial charge in [0.05, 0.1) is 21.3 Å². The molecule has 3 aromatic rings. The van der Waals surface area contributed by atoms with Crippen LogP contribution in [0, 0.1) is 5.82 Å². The van der Waals surface area contributed by atoms with Crippen molar-refractivity contribution in [1.29, 1.82) is 0 Å². The molecule has 0 spiro atoms. The van der Waals surface area contributed by atoms with E-state index in [2.05, 4.69) is 46.2 Å². The predicted molar refractivity (Wildman–Crippen MR) is 139 cm³/mol. The van der Waals surface area contributed by atoms with E-state index in [4.69, 9.17) is 14.2 Å². The molecule has 1 fully saturated rings. The molecule has 0 N–H and O–H groups in total. The lowest BCUT2D eigenvalue weighted by Crippen LogP contribution is -2.46. The van der Waals surface area contributed by atoms with Crippen molar-refractivity contribution < 1.29 is 18.6 Å². The van der Waals surface area contributed by atoms with Crippen molar-refractivity contribution in [1.82, 2.24) is 4.90 Å². The number of nitrogens with zero attached hydrogens (tertiary/aromatic N) is 2. The molecule has 0 aliphatic carbocycles. The van der Waals surface area contributed by atoms with Gasteiger partial charge < -0.3 is 19.1 Å². The summed E-state index contributed by atoms with van der Waals surface area (Å²) in [7, 11) is 4.88. The quantitative estimate of drug-likeness (QED) is 0.420. The maximum absolute atomic E-state index is 13.1. The van der Waals surface area contributed by atoms with Gasteiger partial charge in [-0.2, -0.15) is 0 Å². The third kappa shape index (κ3) is 6.14. The van der Waals surface area contributed by atoms with Crippen LogP contribution in [0.25, 0.3) is 6.08 Å². The molecule has 3 aromatic carbocycles. The van der Waals surface area contributed by atoms with Crippen LogP contribution in [0.1, 0.15) is 16.7 Å². The molecule has 0 aromatic heterocycles. The third-order valence-electron chi connectivity index (χ3n) is 6.39. The molecule has 184 valence electrons. The van der Waals surface area contributed by atoms with Crippen molar-refractivity contribution >= 4 is 11.8 Å². The summed E-state index contributed by atoms with van der Waals surface area (Å²) < 4.78 is 29.5. The molecule has 35 heavy (non-hydrogen) atoms. The maximum atomic E-state index is 13.1. The minimum atomic E-state index is -0.195. The number of anilines is 1. The maximum Gasteiger partial charge on any atom is 0.203 e. The van der Waals surface area contributed by atoms with Gasteiger partial charge in [-0.3, -0.25) is 4.90 Å². The topological polar surface area (TPSA) is 34.2 Å². The van der Waals surface area contributed by atoms with Crippen molar-refractivity contribution in [3.05, 3.63) is 89.2 Å². The minimum absolute atomic E-state index is 0.195. The molecule has 0 atom stereocenters. The highest BCUT2D eigenvalue weighted by atomic mass is 19.1. The summed E-state index contributed by atoms with van der Waals surface area (Å²) in [4.78, 5) is 4.88. The second kappa shape index (κ2) is 11.8. The van der Waals surface area contributed by atoms with Crippen LogP contribution in [0.3, 0.4) is 0 Å². The fourth-order valence-electron chi connectivity index (χ4n) is 4.44. The first-order chi connectivity index (χ1) is 17.1. The summed E-state index contributed by atoms with van der Waals surface area (Å²) >= 11 is 0. The SMILES string of the molecule is COc1ccc(/C=C/CN2CCN(c3ccc(Cc4ccc(F)cc4)cc3)CC2)c(OC)c1OC. The molecule has 0 unspecified atom stereocenters. The Balaban J connectivity index is 1.29. The monoisotopic (exact) mass is 476 g/mol. The molecule has 1 heterocycles. The van der Waals surface area contributed by atoms with E-state index in [0.717, 1.165) is 50.3 Å². The molecular weight excluding hydrogens is 443 g/mol. The summed E-state index contributed by atoms with van der Waals surface area (Å²) in [6.45, 7) is 4.87. The van der Waals surface area contributed by atoms with Gasteiger partial charge in [0.25, 0.3) is 0 Å². The first-order valence-corrected chi connectivity index (χ1v) is 11.9. The molecule has 1 aliphatic rings. The average Bonchev–Trinajstić information content (AvgIpc) is 2.90. The van der Waals surface area contributed by atoms with Gasteiger partial charge in [-0.15, -0.1) is 0 Å². The largest absolute Gasteiger partial charge is 0.493 e. The number of ether oxygens (including phenoxy) is 3. The molecule has 0 radical (unpaired) electrons. The summed E-state index contributed by atoms with van der Waals surface area (Å²) in [5.74, 6) is 1.74. The van der Waals surface area contributed by atoms with E-state index in [0.29, 0.717) is 17.2 Å². The number of hydrogen-bond acceptors (Lipinski definition) is 5. The highest BCUT2D eigenvalue weighted by Gasteiger charge is 2.17. The fraction of sp³-hybridized carbons (Fsp3) is 0.310. The van der Waals surface area contributed by atoms with Crippen LogP contribution in [-0.4, -0.2) is 59.0 Å². The van der Waals surface area contributed by atoms with E-state index in [1.54, 1.807) is 21.3 Å². The summed E-state index contributed by atoms with van der Waals surface area (Å²) in [6, 6.07) is 19.3. The average molecular weight is 477 g/mol. The zero-order valence-corrected chi connectivity index (χ0v) is 20.7. The highest BCUT2D eigenvalue weighted by molar-refractivity contribution is 5.66. The lowest BCUT2D eigenvalue weighted by atomic mass is 10.0. The lowest BCUT2D eigenvalue weighted by Gasteiger charge is -2.35. The molecular formula is C29H33FN2O3. The Kier molecular flexibility index (Phi) is 8.27. The molecule has 0 saturated carbocycles. The van der Waals surface area contributed by atoms with Crippen molar-refractivity contribution in [3.8, 4) is 17.2 Å². The van der Waals surface area contributed by atoms with Crippen molar-refractivity contribution in [2.75, 3.05) is 59.0 Å². The molecule has 4 rings (SSSR count). The molecule has 1 saturated heterocycles. The number of hydrogen-bond donors (Lipinski definition) is 0. The van der Waals surface area contributed by atoms with Crippen molar-refractivity contribution in [2.45, 2.75) is 6.42 Å². The van der Waals surface area contributed by atoms with Gasteiger partial charge in [0.1, 0.15) is 5.82 Å². The molecule has 0 amide bonds. The first-order valence-electron chi connectivity index (χ1n) is 11.9. The Labute approximate surface area is 207 Å². The van der Waals surface area contributed by atoms with Gasteiger partial charge >= 0.3 is 0 Å². The van der Waals surface area contributed by atoms with E-state index in [1.807, 2.05) is 24.3 Å². The van der Waals surface area contributed by atoms with E-state index in [-0.39, 0.29) is 5.82 Å². The van der Waals surface area contributed by atoms with E-state index in [9.17, 15) is 4.39 Å². The van der Waals surface area contributed by atoms with Crippen LogP contribution in [0.15, 0.2) is 66.7 Å². The van der Waals surface area contributed by atoms with Gasteiger partial charge in [-0.25, -0.2) is 4.39 Å². The predicted octanol–water partition coefficient (Wildman–Crippen LogP) is 5.28. The van der Waals surface area contributed by atoms with E-state index in [1.165, 1.54) is 23.4 Å². The Morgan fingerprint density at radius 2 is 1.37 bits per heavy atom. The lowest BCUT2D eigenvalue weighted by molar-refractivity contribution is 0.284. The van der Waals surface area contributed by atoms with Crippen LogP contribution in [-0.2, 0) is 6.42 Å². The van der Waals surface area contributed by atoms with Crippen LogP contribution in [0.4, 0.5) is 10.1 Å². The van der Waals surface area contributed by atoms with Crippen LogP contribution >= 0.6 is 0 Å². The van der Waals surface area contributed by atoms with Crippen molar-refractivity contribution in [2.24, 2.45) is 0 Å². The molecule has 6 heteroatoms. The zero-order chi connectivity index (χ0) is 24.6. The third-order valence-corrected chi connectivity index (χ3v) is 6.39. The van der Waals surface area contributed by atoms with E-state index >= 15 is 0 Å². The smallest absolute Gasteiger partial charge is 0.203 e. The Morgan fingerprint density at radius 3 is 1.97 bits per heavy atom. The number of benzene rings is 3. The molecule has 0 bridgehead atoms. The van der Waals surface area contributed by atoms with Crippen LogP contribution < -0.4 is 19.1 Å². The molecule has 5 nitrogen and oxygen atoms in total. The highest BCUT2D eigenvalue weighted by Crippen LogP contribution is 2.40. The summed E-state index contributed by atoms with van der Waals surface area (Å²) in [6.07, 6.45) is 5.06. The second-order valence-electron chi connectivity index (χ2n) is 8.58. The second-order valence-corrected chi connectivity index (χ2v) is 8.58. The Morgan fingerprint density at radius 1 is 0.743 bits per heavy atom. The molecule has 1 aliphatic heterocycles. The number of methoxy groups -OCH3 is 3. The minimum Gasteiger partial charge on any atom is -0.493 e. The fourth-order valence-corrected chi connectivity index (χ4v) is 4.44. The summed E-state index contributed by atoms with van der Waals surface area (Å²) in [5.41, 5.74) is 4.56. The first kappa shape index (κ1) is 24.6. The zero-order valence-electron chi connectivity index (χ0n) is 20.7. The van der Waals surface area contributed by atoms with Gasteiger partial charge in [-0.05, 0) is 53.9 Å². The van der Waals surface area contributed by atoms with E-state index < -0.39 is 0 Å². The number of rotatable bonds is 9. The summed E-state index contributed by atoms with van der Waals surface area (Å²) in [5, 5.41) is 0. The standard InChI is InChI=1S/C29H33FN2O3/c1-33-27-15-10-24(28(34-2)29(27)35-3)5-4-16-31-17-19-32(20-18-31)26-13-8-23(9-14-26)21-22-6-11-25(30)12-7-22/h4-15H,16-21H2,1-3H3/b5-4+.